The molecule has 0 spiro atoms. The van der Waals surface area contributed by atoms with Crippen LogP contribution in [0.3, 0.4) is 0 Å². The Bertz CT molecular complexity index is 420. The Hall–Kier alpha value is -1.34. The lowest BCUT2D eigenvalue weighted by Gasteiger charge is -2.04. The first-order valence-corrected chi connectivity index (χ1v) is 4.82. The van der Waals surface area contributed by atoms with Crippen LogP contribution in [0.2, 0.25) is 0 Å². The maximum atomic E-state index is 11.5. The van der Waals surface area contributed by atoms with Crippen LogP contribution in [-0.4, -0.2) is 21.7 Å². The number of halogens is 1. The van der Waals surface area contributed by atoms with Gasteiger partial charge in [0.25, 0.3) is 5.69 Å². The number of nitrogens with zero attached hydrogens (tertiary/aromatic N) is 2. The van der Waals surface area contributed by atoms with Crippen molar-refractivity contribution in [3.8, 4) is 0 Å². The van der Waals surface area contributed by atoms with E-state index in [9.17, 15) is 14.9 Å². The molecule has 0 bridgehead atoms. The van der Waals surface area contributed by atoms with Gasteiger partial charge in [-0.3, -0.25) is 14.9 Å². The van der Waals surface area contributed by atoms with Gasteiger partial charge in [-0.15, -0.1) is 0 Å². The number of hydrogen-bond donors (Lipinski definition) is 1. The zero-order valence-electron chi connectivity index (χ0n) is 7.81. The molecule has 1 aromatic rings. The predicted molar refractivity (Wildman–Crippen MR) is 56.6 cm³/mol. The minimum Gasteiger partial charge on any atom is -0.321 e. The van der Waals surface area contributed by atoms with Crippen molar-refractivity contribution in [2.75, 3.05) is 0 Å². The van der Waals surface area contributed by atoms with Crippen molar-refractivity contribution in [3.05, 3.63) is 32.5 Å². The third kappa shape index (κ3) is 2.57. The standard InChI is InChI=1S/C8H8BrN3O3/c1-4(10)8(13)7-6(12(14)15)2-5(9)3-11-7/h2-4H,10H2,1H3. The monoisotopic (exact) mass is 273 g/mol. The Balaban J connectivity index is 3.29. The molecule has 6 nitrogen and oxygen atoms in total. The minimum absolute atomic E-state index is 0.210. The van der Waals surface area contributed by atoms with Crippen LogP contribution in [0.25, 0.3) is 0 Å². The molecular weight excluding hydrogens is 266 g/mol. The Morgan fingerprint density at radius 1 is 1.73 bits per heavy atom. The summed E-state index contributed by atoms with van der Waals surface area (Å²) in [6.45, 7) is 1.45. The maximum absolute atomic E-state index is 11.5. The van der Waals surface area contributed by atoms with Crippen LogP contribution in [-0.2, 0) is 0 Å². The van der Waals surface area contributed by atoms with E-state index in [-0.39, 0.29) is 11.4 Å². The van der Waals surface area contributed by atoms with E-state index in [1.807, 2.05) is 0 Å². The van der Waals surface area contributed by atoms with Crippen molar-refractivity contribution in [1.82, 2.24) is 4.98 Å². The predicted octanol–water partition coefficient (Wildman–Crippen LogP) is 1.28. The van der Waals surface area contributed by atoms with Gasteiger partial charge in [0.1, 0.15) is 0 Å². The van der Waals surface area contributed by atoms with Gasteiger partial charge in [-0.1, -0.05) is 0 Å². The van der Waals surface area contributed by atoms with Crippen LogP contribution in [0.1, 0.15) is 17.4 Å². The third-order valence-corrected chi connectivity index (χ3v) is 2.11. The van der Waals surface area contributed by atoms with E-state index < -0.39 is 16.7 Å². The zero-order chi connectivity index (χ0) is 11.6. The second-order valence-electron chi connectivity index (χ2n) is 2.93. The minimum atomic E-state index is -0.808. The quantitative estimate of drug-likeness (QED) is 0.508. The van der Waals surface area contributed by atoms with E-state index in [0.717, 1.165) is 0 Å². The first-order chi connectivity index (χ1) is 6.93. The molecule has 0 aliphatic carbocycles. The van der Waals surface area contributed by atoms with Crippen LogP contribution in [0, 0.1) is 10.1 Å². The Labute approximate surface area is 93.8 Å². The molecule has 2 N–H and O–H groups in total. The van der Waals surface area contributed by atoms with Gasteiger partial charge in [0.15, 0.2) is 5.69 Å². The van der Waals surface area contributed by atoms with Crippen LogP contribution < -0.4 is 5.73 Å². The lowest BCUT2D eigenvalue weighted by molar-refractivity contribution is -0.385. The molecule has 0 aromatic carbocycles. The average molecular weight is 274 g/mol. The summed E-state index contributed by atoms with van der Waals surface area (Å²) in [7, 11) is 0. The number of pyridine rings is 1. The summed E-state index contributed by atoms with van der Waals surface area (Å²) in [5.74, 6) is -0.547. The fourth-order valence-electron chi connectivity index (χ4n) is 0.973. The summed E-state index contributed by atoms with van der Waals surface area (Å²) in [6.07, 6.45) is 1.32. The number of nitrogens with two attached hydrogens (primary N) is 1. The highest BCUT2D eigenvalue weighted by Gasteiger charge is 2.24. The molecule has 1 aromatic heterocycles. The second-order valence-corrected chi connectivity index (χ2v) is 3.85. The van der Waals surface area contributed by atoms with Crippen molar-refractivity contribution in [1.29, 1.82) is 0 Å². The first-order valence-electron chi connectivity index (χ1n) is 4.03. The molecule has 1 atom stereocenters. The molecule has 0 amide bonds. The lowest BCUT2D eigenvalue weighted by Crippen LogP contribution is -2.28. The number of ketones is 1. The molecule has 80 valence electrons. The van der Waals surface area contributed by atoms with Crippen LogP contribution in [0.4, 0.5) is 5.69 Å². The van der Waals surface area contributed by atoms with Crippen LogP contribution in [0.15, 0.2) is 16.7 Å². The van der Waals surface area contributed by atoms with Gasteiger partial charge in [0, 0.05) is 16.7 Å². The normalized spacial score (nSPS) is 12.2. The van der Waals surface area contributed by atoms with Crippen molar-refractivity contribution < 1.29 is 9.72 Å². The zero-order valence-corrected chi connectivity index (χ0v) is 9.39. The molecule has 1 rings (SSSR count). The van der Waals surface area contributed by atoms with Crippen molar-refractivity contribution in [3.63, 3.8) is 0 Å². The summed E-state index contributed by atoms with van der Waals surface area (Å²) in [5, 5.41) is 10.7. The highest BCUT2D eigenvalue weighted by atomic mass is 79.9. The molecule has 0 saturated carbocycles. The van der Waals surface area contributed by atoms with Gasteiger partial charge < -0.3 is 5.73 Å². The van der Waals surface area contributed by atoms with Gasteiger partial charge in [-0.2, -0.15) is 0 Å². The number of hydrogen-bond acceptors (Lipinski definition) is 5. The van der Waals surface area contributed by atoms with Gasteiger partial charge in [-0.05, 0) is 22.9 Å². The summed E-state index contributed by atoms with van der Waals surface area (Å²) >= 11 is 3.04. The van der Waals surface area contributed by atoms with Crippen molar-refractivity contribution in [2.45, 2.75) is 13.0 Å². The van der Waals surface area contributed by atoms with Crippen molar-refractivity contribution in [2.24, 2.45) is 5.73 Å². The second kappa shape index (κ2) is 4.45. The SMILES string of the molecule is CC(N)C(=O)c1ncc(Br)cc1[N+](=O)[O-]. The Morgan fingerprint density at radius 2 is 2.33 bits per heavy atom. The van der Waals surface area contributed by atoms with E-state index in [2.05, 4.69) is 20.9 Å². The van der Waals surface area contributed by atoms with E-state index in [0.29, 0.717) is 4.47 Å². The summed E-state index contributed by atoms with van der Waals surface area (Å²) in [4.78, 5) is 25.2. The average Bonchev–Trinajstić information content (AvgIpc) is 2.16. The fourth-order valence-corrected chi connectivity index (χ4v) is 1.29. The molecule has 0 fully saturated rings. The number of carbonyl (C=O) groups excluding carboxylic acids is 1. The summed E-state index contributed by atoms with van der Waals surface area (Å²) in [5.41, 5.74) is 4.80. The molecule has 0 aliphatic rings. The summed E-state index contributed by atoms with van der Waals surface area (Å²) < 4.78 is 0.440. The number of nitro groups is 1. The maximum Gasteiger partial charge on any atom is 0.299 e. The largest absolute Gasteiger partial charge is 0.321 e. The van der Waals surface area contributed by atoms with E-state index >= 15 is 0 Å². The van der Waals surface area contributed by atoms with Crippen molar-refractivity contribution >= 4 is 27.4 Å². The smallest absolute Gasteiger partial charge is 0.299 e. The first kappa shape index (κ1) is 11.7. The molecule has 1 heterocycles. The van der Waals surface area contributed by atoms with E-state index in [4.69, 9.17) is 5.73 Å². The molecule has 0 radical (unpaired) electrons. The Kier molecular flexibility index (Phi) is 3.48. The number of carbonyl (C=O) groups is 1. The summed E-state index contributed by atoms with van der Waals surface area (Å²) in [6, 6.07) is 0.417. The van der Waals surface area contributed by atoms with Gasteiger partial charge in [0.2, 0.25) is 5.78 Å². The number of rotatable bonds is 3. The Morgan fingerprint density at radius 3 is 2.80 bits per heavy atom. The third-order valence-electron chi connectivity index (χ3n) is 1.68. The highest BCUT2D eigenvalue weighted by Crippen LogP contribution is 2.21. The van der Waals surface area contributed by atoms with Gasteiger partial charge >= 0.3 is 0 Å². The van der Waals surface area contributed by atoms with Crippen LogP contribution >= 0.6 is 15.9 Å². The van der Waals surface area contributed by atoms with Gasteiger partial charge in [0.05, 0.1) is 11.0 Å². The topological polar surface area (TPSA) is 99.1 Å². The number of Topliss-reactive ketones (excluding diaryl/α,β-unsaturated/α-hetero) is 1. The lowest BCUT2D eigenvalue weighted by atomic mass is 10.1. The highest BCUT2D eigenvalue weighted by molar-refractivity contribution is 9.10. The van der Waals surface area contributed by atoms with Crippen LogP contribution in [0.5, 0.6) is 0 Å². The molecule has 1 unspecified atom stereocenters. The molecule has 15 heavy (non-hydrogen) atoms. The number of aromatic nitrogens is 1. The molecule has 0 aliphatic heterocycles. The van der Waals surface area contributed by atoms with E-state index in [1.54, 1.807) is 0 Å². The fraction of sp³-hybridized carbons (Fsp3) is 0.250. The van der Waals surface area contributed by atoms with Gasteiger partial charge in [-0.25, -0.2) is 4.98 Å². The molecule has 7 heteroatoms. The van der Waals surface area contributed by atoms with E-state index in [1.165, 1.54) is 19.2 Å². The molecule has 0 saturated heterocycles. The molecular formula is C8H8BrN3O3.